The Bertz CT molecular complexity index is 707. The third kappa shape index (κ3) is 4.23. The summed E-state index contributed by atoms with van der Waals surface area (Å²) in [5.41, 5.74) is 1.21. The molecular formula is C13H15BrN4O2S. The van der Waals surface area contributed by atoms with E-state index in [4.69, 9.17) is 0 Å². The third-order valence-electron chi connectivity index (χ3n) is 2.68. The second kappa shape index (κ2) is 6.97. The first-order valence-corrected chi connectivity index (χ1v) is 8.57. The van der Waals surface area contributed by atoms with Crippen LogP contribution >= 0.6 is 15.9 Å². The Morgan fingerprint density at radius 2 is 1.95 bits per heavy atom. The van der Waals surface area contributed by atoms with Crippen molar-refractivity contribution in [1.82, 2.24) is 15.3 Å². The average molecular weight is 371 g/mol. The molecule has 0 aliphatic carbocycles. The van der Waals surface area contributed by atoms with Gasteiger partial charge in [0.2, 0.25) is 0 Å². The quantitative estimate of drug-likeness (QED) is 0.813. The van der Waals surface area contributed by atoms with E-state index in [9.17, 15) is 8.42 Å². The Labute approximate surface area is 132 Å². The SMILES string of the molecule is CCNCc1ccc(Br)c(S(=O)(=O)Nc2cncnc2)c1. The zero-order valence-corrected chi connectivity index (χ0v) is 13.8. The topological polar surface area (TPSA) is 84.0 Å². The highest BCUT2D eigenvalue weighted by Crippen LogP contribution is 2.25. The molecule has 0 spiro atoms. The molecule has 1 aromatic carbocycles. The minimum absolute atomic E-state index is 0.182. The third-order valence-corrected chi connectivity index (χ3v) is 5.05. The van der Waals surface area contributed by atoms with E-state index in [0.29, 0.717) is 16.7 Å². The highest BCUT2D eigenvalue weighted by molar-refractivity contribution is 9.10. The molecule has 1 aromatic heterocycles. The maximum atomic E-state index is 12.4. The van der Waals surface area contributed by atoms with Crippen molar-refractivity contribution in [2.45, 2.75) is 18.4 Å². The smallest absolute Gasteiger partial charge is 0.263 e. The summed E-state index contributed by atoms with van der Waals surface area (Å²) in [6.07, 6.45) is 4.15. The predicted molar refractivity (Wildman–Crippen MR) is 84.4 cm³/mol. The molecule has 2 aromatic rings. The number of hydrogen-bond donors (Lipinski definition) is 2. The van der Waals surface area contributed by atoms with Gasteiger partial charge in [-0.2, -0.15) is 0 Å². The van der Waals surface area contributed by atoms with Gasteiger partial charge in [-0.3, -0.25) is 4.72 Å². The van der Waals surface area contributed by atoms with Crippen molar-refractivity contribution >= 4 is 31.6 Å². The van der Waals surface area contributed by atoms with E-state index in [1.807, 2.05) is 13.0 Å². The van der Waals surface area contributed by atoms with Gasteiger partial charge in [-0.25, -0.2) is 18.4 Å². The molecule has 2 N–H and O–H groups in total. The number of halogens is 1. The summed E-state index contributed by atoms with van der Waals surface area (Å²) in [6.45, 7) is 3.42. The first-order valence-electron chi connectivity index (χ1n) is 6.30. The minimum Gasteiger partial charge on any atom is -0.313 e. The molecular weight excluding hydrogens is 356 g/mol. The molecule has 0 fully saturated rings. The normalized spacial score (nSPS) is 11.3. The molecule has 21 heavy (non-hydrogen) atoms. The highest BCUT2D eigenvalue weighted by Gasteiger charge is 2.18. The van der Waals surface area contributed by atoms with Crippen LogP contribution in [0.25, 0.3) is 0 Å². The fourth-order valence-electron chi connectivity index (χ4n) is 1.69. The lowest BCUT2D eigenvalue weighted by Crippen LogP contribution is -2.16. The first-order chi connectivity index (χ1) is 10.0. The molecule has 0 unspecified atom stereocenters. The lowest BCUT2D eigenvalue weighted by Gasteiger charge is -2.11. The summed E-state index contributed by atoms with van der Waals surface area (Å²) in [5, 5.41) is 3.16. The summed E-state index contributed by atoms with van der Waals surface area (Å²) in [7, 11) is -3.70. The van der Waals surface area contributed by atoms with Crippen molar-refractivity contribution < 1.29 is 8.42 Å². The van der Waals surface area contributed by atoms with Gasteiger partial charge in [-0.05, 0) is 40.2 Å². The number of nitrogens with zero attached hydrogens (tertiary/aromatic N) is 2. The van der Waals surface area contributed by atoms with Gasteiger partial charge in [-0.15, -0.1) is 0 Å². The van der Waals surface area contributed by atoms with Gasteiger partial charge < -0.3 is 5.32 Å². The average Bonchev–Trinajstić information content (AvgIpc) is 2.47. The summed E-state index contributed by atoms with van der Waals surface area (Å²) < 4.78 is 27.8. The molecule has 0 aliphatic rings. The summed E-state index contributed by atoms with van der Waals surface area (Å²) in [4.78, 5) is 7.75. The molecule has 6 nitrogen and oxygen atoms in total. The van der Waals surface area contributed by atoms with Crippen LogP contribution < -0.4 is 10.0 Å². The number of benzene rings is 1. The molecule has 0 aliphatic heterocycles. The number of sulfonamides is 1. The summed E-state index contributed by atoms with van der Waals surface area (Å²) in [6, 6.07) is 5.24. The van der Waals surface area contributed by atoms with Crippen LogP contribution in [0.3, 0.4) is 0 Å². The highest BCUT2D eigenvalue weighted by atomic mass is 79.9. The fourth-order valence-corrected chi connectivity index (χ4v) is 3.74. The van der Waals surface area contributed by atoms with Gasteiger partial charge in [-0.1, -0.05) is 13.0 Å². The molecule has 0 amide bonds. The second-order valence-corrected chi connectivity index (χ2v) is 6.78. The van der Waals surface area contributed by atoms with E-state index in [2.05, 4.69) is 35.9 Å². The summed E-state index contributed by atoms with van der Waals surface area (Å²) >= 11 is 3.28. The van der Waals surface area contributed by atoms with E-state index in [0.717, 1.165) is 12.1 Å². The van der Waals surface area contributed by atoms with Gasteiger partial charge in [0, 0.05) is 11.0 Å². The lowest BCUT2D eigenvalue weighted by atomic mass is 10.2. The molecule has 0 atom stereocenters. The number of rotatable bonds is 6. The Morgan fingerprint density at radius 1 is 1.24 bits per heavy atom. The fraction of sp³-hybridized carbons (Fsp3) is 0.231. The van der Waals surface area contributed by atoms with Crippen molar-refractivity contribution in [3.63, 3.8) is 0 Å². The van der Waals surface area contributed by atoms with Crippen LogP contribution in [-0.2, 0) is 16.6 Å². The molecule has 0 radical (unpaired) electrons. The Kier molecular flexibility index (Phi) is 5.27. The number of anilines is 1. The molecule has 1 heterocycles. The Morgan fingerprint density at radius 3 is 2.62 bits per heavy atom. The maximum Gasteiger partial charge on any atom is 0.263 e. The van der Waals surface area contributed by atoms with Gasteiger partial charge in [0.15, 0.2) is 0 Å². The Hall–Kier alpha value is -1.51. The predicted octanol–water partition coefficient (Wildman–Crippen LogP) is 2.15. The minimum atomic E-state index is -3.70. The van der Waals surface area contributed by atoms with Gasteiger partial charge in [0.25, 0.3) is 10.0 Å². The summed E-state index contributed by atoms with van der Waals surface area (Å²) in [5.74, 6) is 0. The number of nitrogens with one attached hydrogen (secondary N) is 2. The second-order valence-electron chi connectivity index (χ2n) is 4.28. The van der Waals surface area contributed by atoms with Gasteiger partial charge in [0.1, 0.15) is 11.2 Å². The molecule has 0 bridgehead atoms. The van der Waals surface area contributed by atoms with Crippen LogP contribution in [0.1, 0.15) is 12.5 Å². The van der Waals surface area contributed by atoms with Crippen LogP contribution in [0.15, 0.2) is 46.3 Å². The van der Waals surface area contributed by atoms with Crippen LogP contribution in [0.2, 0.25) is 0 Å². The molecule has 0 saturated heterocycles. The van der Waals surface area contributed by atoms with Crippen LogP contribution in [0, 0.1) is 0 Å². The Balaban J connectivity index is 2.30. The maximum absolute atomic E-state index is 12.4. The van der Waals surface area contributed by atoms with E-state index in [1.54, 1.807) is 12.1 Å². The van der Waals surface area contributed by atoms with Crippen molar-refractivity contribution in [2.24, 2.45) is 0 Å². The zero-order chi connectivity index (χ0) is 15.3. The molecule has 2 rings (SSSR count). The van der Waals surface area contributed by atoms with Crippen LogP contribution in [0.5, 0.6) is 0 Å². The van der Waals surface area contributed by atoms with E-state index < -0.39 is 10.0 Å². The number of aromatic nitrogens is 2. The van der Waals surface area contributed by atoms with E-state index in [1.165, 1.54) is 18.7 Å². The standard InChI is InChI=1S/C13H15BrN4O2S/c1-2-15-6-10-3-4-12(14)13(5-10)21(19,20)18-11-7-16-9-17-8-11/h3-5,7-9,15,18H,2,6H2,1H3. The van der Waals surface area contributed by atoms with E-state index >= 15 is 0 Å². The molecule has 112 valence electrons. The van der Waals surface area contributed by atoms with Gasteiger partial charge >= 0.3 is 0 Å². The zero-order valence-electron chi connectivity index (χ0n) is 11.4. The van der Waals surface area contributed by atoms with Crippen molar-refractivity contribution in [3.8, 4) is 0 Å². The number of hydrogen-bond acceptors (Lipinski definition) is 5. The van der Waals surface area contributed by atoms with E-state index in [-0.39, 0.29) is 4.90 Å². The van der Waals surface area contributed by atoms with Crippen LogP contribution in [-0.4, -0.2) is 24.9 Å². The lowest BCUT2D eigenvalue weighted by molar-refractivity contribution is 0.600. The monoisotopic (exact) mass is 370 g/mol. The van der Waals surface area contributed by atoms with Crippen molar-refractivity contribution in [3.05, 3.63) is 47.0 Å². The van der Waals surface area contributed by atoms with Crippen LogP contribution in [0.4, 0.5) is 5.69 Å². The van der Waals surface area contributed by atoms with Crippen molar-refractivity contribution in [2.75, 3.05) is 11.3 Å². The van der Waals surface area contributed by atoms with Gasteiger partial charge in [0.05, 0.1) is 18.1 Å². The largest absolute Gasteiger partial charge is 0.313 e. The first kappa shape index (κ1) is 15.9. The van der Waals surface area contributed by atoms with Crippen molar-refractivity contribution in [1.29, 1.82) is 0 Å². The molecule has 8 heteroatoms. The molecule has 0 saturated carbocycles.